The van der Waals surface area contributed by atoms with E-state index in [1.807, 2.05) is 13.8 Å². The number of hydrogen-bond acceptors (Lipinski definition) is 4. The van der Waals surface area contributed by atoms with E-state index in [9.17, 15) is 17.6 Å². The monoisotopic (exact) mass is 396 g/mol. The van der Waals surface area contributed by atoms with Crippen LogP contribution in [0.1, 0.15) is 39.8 Å². The number of aryl methyl sites for hydroxylation is 1. The van der Waals surface area contributed by atoms with Gasteiger partial charge in [0.25, 0.3) is 0 Å². The zero-order chi connectivity index (χ0) is 19.1. The van der Waals surface area contributed by atoms with Crippen molar-refractivity contribution in [3.05, 3.63) is 57.6 Å². The Morgan fingerprint density at radius 1 is 1.38 bits per heavy atom. The molecule has 0 N–H and O–H groups in total. The molecule has 0 spiro atoms. The second-order valence-corrected chi connectivity index (χ2v) is 9.04. The number of carbonyl (C=O) groups is 1. The number of carbonyl (C=O) groups excluding carboxylic acids is 1. The van der Waals surface area contributed by atoms with E-state index in [1.54, 1.807) is 10.8 Å². The average molecular weight is 397 g/mol. The van der Waals surface area contributed by atoms with Crippen LogP contribution in [-0.4, -0.2) is 35.5 Å². The Morgan fingerprint density at radius 2 is 2.12 bits per heavy atom. The maximum atomic E-state index is 13.1. The van der Waals surface area contributed by atoms with Crippen LogP contribution in [0, 0.1) is 19.7 Å². The lowest BCUT2D eigenvalue weighted by atomic mass is 10.1. The van der Waals surface area contributed by atoms with Gasteiger partial charge in [-0.2, -0.15) is 5.10 Å². The molecule has 0 aliphatic carbocycles. The summed E-state index contributed by atoms with van der Waals surface area (Å²) in [4.78, 5) is 12.3. The summed E-state index contributed by atoms with van der Waals surface area (Å²) in [6.07, 6.45) is 3.54. The molecule has 1 aliphatic rings. The van der Waals surface area contributed by atoms with Crippen molar-refractivity contribution in [2.24, 2.45) is 0 Å². The Morgan fingerprint density at radius 3 is 2.73 bits per heavy atom. The van der Waals surface area contributed by atoms with Crippen LogP contribution in [-0.2, 0) is 9.84 Å². The highest BCUT2D eigenvalue weighted by molar-refractivity contribution is 7.91. The molecule has 0 saturated carbocycles. The zero-order valence-electron chi connectivity index (χ0n) is 14.4. The van der Waals surface area contributed by atoms with E-state index in [2.05, 4.69) is 5.10 Å². The fourth-order valence-electron chi connectivity index (χ4n) is 3.18. The first-order valence-corrected chi connectivity index (χ1v) is 10.3. The molecule has 1 saturated heterocycles. The smallest absolute Gasteiger partial charge is 0.187 e. The van der Waals surface area contributed by atoms with Gasteiger partial charge in [-0.05, 0) is 50.6 Å². The molecule has 26 heavy (non-hydrogen) atoms. The number of halogens is 2. The van der Waals surface area contributed by atoms with Crippen LogP contribution < -0.4 is 0 Å². The predicted octanol–water partition coefficient (Wildman–Crippen LogP) is 3.55. The Balaban J connectivity index is 1.86. The fraction of sp³-hybridized carbons (Fsp3) is 0.333. The first-order valence-electron chi connectivity index (χ1n) is 8.11. The fourth-order valence-corrected chi connectivity index (χ4v) is 5.13. The summed E-state index contributed by atoms with van der Waals surface area (Å²) in [6, 6.07) is 3.44. The highest BCUT2D eigenvalue weighted by atomic mass is 35.5. The molecule has 3 rings (SSSR count). The molecule has 0 unspecified atom stereocenters. The van der Waals surface area contributed by atoms with Crippen LogP contribution in [0.15, 0.2) is 24.3 Å². The lowest BCUT2D eigenvalue weighted by Gasteiger charge is -2.10. The van der Waals surface area contributed by atoms with Gasteiger partial charge in [0.2, 0.25) is 0 Å². The molecule has 1 fully saturated rings. The molecule has 0 radical (unpaired) electrons. The van der Waals surface area contributed by atoms with Crippen LogP contribution in [0.4, 0.5) is 4.39 Å². The number of ketones is 1. The van der Waals surface area contributed by atoms with Crippen molar-refractivity contribution in [1.82, 2.24) is 9.78 Å². The Kier molecular flexibility index (Phi) is 5.03. The molecule has 2 heterocycles. The summed E-state index contributed by atoms with van der Waals surface area (Å²) >= 11 is 5.92. The van der Waals surface area contributed by atoms with E-state index in [0.29, 0.717) is 12.1 Å². The van der Waals surface area contributed by atoms with Gasteiger partial charge in [0.1, 0.15) is 5.82 Å². The van der Waals surface area contributed by atoms with Crippen molar-refractivity contribution >= 4 is 33.3 Å². The molecule has 138 valence electrons. The third-order valence-electron chi connectivity index (χ3n) is 4.53. The lowest BCUT2D eigenvalue weighted by Crippen LogP contribution is -2.13. The first kappa shape index (κ1) is 18.8. The summed E-state index contributed by atoms with van der Waals surface area (Å²) in [5.41, 5.74) is 2.50. The van der Waals surface area contributed by atoms with Crippen LogP contribution in [0.5, 0.6) is 0 Å². The van der Waals surface area contributed by atoms with E-state index >= 15 is 0 Å². The number of sulfone groups is 1. The number of benzene rings is 1. The molecule has 5 nitrogen and oxygen atoms in total. The molecule has 0 bridgehead atoms. The molecule has 2 aromatic rings. The van der Waals surface area contributed by atoms with Gasteiger partial charge in [0, 0.05) is 16.8 Å². The summed E-state index contributed by atoms with van der Waals surface area (Å²) in [7, 11) is -3.01. The van der Waals surface area contributed by atoms with Gasteiger partial charge in [-0.25, -0.2) is 12.8 Å². The molecule has 1 aromatic carbocycles. The number of rotatable bonds is 4. The average Bonchev–Trinajstić information content (AvgIpc) is 3.04. The SMILES string of the molecule is Cc1nn([C@H]2CCS(=O)(=O)C2)c(C)c1/C=C/C(=O)c1ccc(F)cc1Cl. The normalized spacial score (nSPS) is 19.3. The predicted molar refractivity (Wildman–Crippen MR) is 98.8 cm³/mol. The van der Waals surface area contributed by atoms with Gasteiger partial charge in [-0.1, -0.05) is 11.6 Å². The molecular formula is C18H18ClFN2O3S. The summed E-state index contributed by atoms with van der Waals surface area (Å²) in [5, 5.41) is 4.51. The lowest BCUT2D eigenvalue weighted by molar-refractivity contribution is 0.104. The van der Waals surface area contributed by atoms with E-state index in [-0.39, 0.29) is 33.9 Å². The van der Waals surface area contributed by atoms with Gasteiger partial charge in [0.15, 0.2) is 15.6 Å². The van der Waals surface area contributed by atoms with Crippen LogP contribution >= 0.6 is 11.6 Å². The van der Waals surface area contributed by atoms with Gasteiger partial charge in [-0.3, -0.25) is 9.48 Å². The summed E-state index contributed by atoms with van der Waals surface area (Å²) in [6.45, 7) is 3.65. The molecule has 1 aliphatic heterocycles. The highest BCUT2D eigenvalue weighted by Crippen LogP contribution is 2.27. The molecule has 1 aromatic heterocycles. The Bertz CT molecular complexity index is 1010. The second-order valence-electron chi connectivity index (χ2n) is 6.41. The minimum atomic E-state index is -3.01. The van der Waals surface area contributed by atoms with Crippen molar-refractivity contribution in [3.8, 4) is 0 Å². The zero-order valence-corrected chi connectivity index (χ0v) is 15.9. The maximum Gasteiger partial charge on any atom is 0.187 e. The summed E-state index contributed by atoms with van der Waals surface area (Å²) in [5.74, 6) is -0.592. The van der Waals surface area contributed by atoms with E-state index in [0.717, 1.165) is 17.3 Å². The topological polar surface area (TPSA) is 69.0 Å². The number of aromatic nitrogens is 2. The summed E-state index contributed by atoms with van der Waals surface area (Å²) < 4.78 is 38.2. The Labute approximate surface area is 156 Å². The quantitative estimate of drug-likeness (QED) is 0.585. The van der Waals surface area contributed by atoms with E-state index in [4.69, 9.17) is 11.6 Å². The van der Waals surface area contributed by atoms with Crippen molar-refractivity contribution in [2.45, 2.75) is 26.3 Å². The number of nitrogens with zero attached hydrogens (tertiary/aromatic N) is 2. The standard InChI is InChI=1S/C18H18ClFN2O3S/c1-11-15(5-6-18(23)16-4-3-13(20)9-17(16)19)12(2)22(21-11)14-7-8-26(24,25)10-14/h3-6,9,14H,7-8,10H2,1-2H3/b6-5+/t14-/m0/s1. The largest absolute Gasteiger partial charge is 0.289 e. The van der Waals surface area contributed by atoms with E-state index in [1.165, 1.54) is 18.2 Å². The number of allylic oxidation sites excluding steroid dienone is 1. The molecule has 1 atom stereocenters. The van der Waals surface area contributed by atoms with Crippen LogP contribution in [0.3, 0.4) is 0 Å². The van der Waals surface area contributed by atoms with Gasteiger partial charge < -0.3 is 0 Å². The molecular weight excluding hydrogens is 379 g/mol. The van der Waals surface area contributed by atoms with Crippen molar-refractivity contribution in [1.29, 1.82) is 0 Å². The van der Waals surface area contributed by atoms with Crippen molar-refractivity contribution in [3.63, 3.8) is 0 Å². The van der Waals surface area contributed by atoms with Crippen molar-refractivity contribution < 1.29 is 17.6 Å². The Hall–Kier alpha value is -1.99. The third-order valence-corrected chi connectivity index (χ3v) is 6.60. The van der Waals surface area contributed by atoms with Gasteiger partial charge in [-0.15, -0.1) is 0 Å². The highest BCUT2D eigenvalue weighted by Gasteiger charge is 2.31. The minimum Gasteiger partial charge on any atom is -0.289 e. The van der Waals surface area contributed by atoms with Gasteiger partial charge in [0.05, 0.1) is 28.3 Å². The van der Waals surface area contributed by atoms with Crippen LogP contribution in [0.25, 0.3) is 6.08 Å². The van der Waals surface area contributed by atoms with Gasteiger partial charge >= 0.3 is 0 Å². The van der Waals surface area contributed by atoms with E-state index < -0.39 is 15.7 Å². The molecule has 0 amide bonds. The molecule has 8 heteroatoms. The maximum absolute atomic E-state index is 13.1. The second kappa shape index (κ2) is 6.96. The first-order chi connectivity index (χ1) is 12.2. The number of hydrogen-bond donors (Lipinski definition) is 0. The third kappa shape index (κ3) is 3.73. The minimum absolute atomic E-state index is 0.0555. The van der Waals surface area contributed by atoms with Crippen molar-refractivity contribution in [2.75, 3.05) is 11.5 Å². The van der Waals surface area contributed by atoms with Crippen LogP contribution in [0.2, 0.25) is 5.02 Å².